The monoisotopic (exact) mass is 130 g/mol. The Balaban J connectivity index is 3.91. The lowest BCUT2D eigenvalue weighted by Gasteiger charge is -2.19. The Bertz CT molecular complexity index is 96.7. The summed E-state index contributed by atoms with van der Waals surface area (Å²) in [5.74, 6) is 0. The van der Waals surface area contributed by atoms with Gasteiger partial charge >= 0.3 is 0 Å². The molecule has 0 fully saturated rings. The number of hydrogen-bond acceptors (Lipinski definition) is 1. The predicted molar refractivity (Wildman–Crippen MR) is 39.3 cm³/mol. The van der Waals surface area contributed by atoms with Crippen LogP contribution in [0.25, 0.3) is 0 Å². The summed E-state index contributed by atoms with van der Waals surface area (Å²) in [6.07, 6.45) is 0. The maximum Gasteiger partial charge on any atom is 0.212 e. The lowest BCUT2D eigenvalue weighted by atomic mass is 10.8. The van der Waals surface area contributed by atoms with Crippen LogP contribution in [0.3, 0.4) is 0 Å². The van der Waals surface area contributed by atoms with Crippen molar-refractivity contribution in [3.8, 4) is 0 Å². The molecule has 0 saturated heterocycles. The number of hydrogen-bond donors (Lipinski definition) is 0. The Kier molecular flexibility index (Phi) is 2.44. The molecule has 0 bridgehead atoms. The van der Waals surface area contributed by atoms with Gasteiger partial charge < -0.3 is 4.43 Å². The summed E-state index contributed by atoms with van der Waals surface area (Å²) in [6, 6.07) is 0. The molecular formula is C6H14OSi. The predicted octanol–water partition coefficient (Wildman–Crippen LogP) is 1.95. The van der Waals surface area contributed by atoms with E-state index in [9.17, 15) is 0 Å². The van der Waals surface area contributed by atoms with E-state index in [-0.39, 0.29) is 0 Å². The normalized spacial score (nSPS) is 11.5. The Morgan fingerprint density at radius 1 is 1.50 bits per heavy atom. The maximum atomic E-state index is 5.24. The van der Waals surface area contributed by atoms with Crippen molar-refractivity contribution in [3.05, 3.63) is 11.8 Å². The molecule has 48 valence electrons. The Morgan fingerprint density at radius 3 is 1.88 bits per heavy atom. The molecule has 0 aromatic rings. The fourth-order valence-corrected chi connectivity index (χ4v) is 0.523. The van der Waals surface area contributed by atoms with Crippen LogP contribution in [0.15, 0.2) is 11.8 Å². The molecule has 0 N–H and O–H groups in total. The lowest BCUT2D eigenvalue weighted by molar-refractivity contribution is 0.412. The second-order valence-corrected chi connectivity index (χ2v) is 6.78. The van der Waals surface area contributed by atoms with Gasteiger partial charge in [-0.1, -0.05) is 5.20 Å². The van der Waals surface area contributed by atoms with E-state index in [0.29, 0.717) is 0 Å². The van der Waals surface area contributed by atoms with Crippen molar-refractivity contribution in [2.75, 3.05) is 7.11 Å². The summed E-state index contributed by atoms with van der Waals surface area (Å²) in [5, 5.41) is 1.19. The van der Waals surface area contributed by atoms with Crippen molar-refractivity contribution in [3.63, 3.8) is 0 Å². The van der Waals surface area contributed by atoms with Gasteiger partial charge in [-0.15, -0.1) is 6.58 Å². The zero-order valence-corrected chi connectivity index (χ0v) is 7.12. The van der Waals surface area contributed by atoms with E-state index in [0.717, 1.165) is 0 Å². The molecule has 0 atom stereocenters. The summed E-state index contributed by atoms with van der Waals surface area (Å²) in [5.41, 5.74) is 0. The summed E-state index contributed by atoms with van der Waals surface area (Å²) in [4.78, 5) is 0. The highest BCUT2D eigenvalue weighted by atomic mass is 28.4. The average Bonchev–Trinajstić information content (AvgIpc) is 1.67. The number of allylic oxidation sites excluding steroid dienone is 1. The highest BCUT2D eigenvalue weighted by molar-refractivity contribution is 6.78. The van der Waals surface area contributed by atoms with E-state index in [1.807, 2.05) is 6.92 Å². The zero-order chi connectivity index (χ0) is 6.78. The minimum atomic E-state index is -1.45. The van der Waals surface area contributed by atoms with E-state index >= 15 is 0 Å². The molecule has 0 amide bonds. The molecule has 0 aliphatic rings. The van der Waals surface area contributed by atoms with Crippen molar-refractivity contribution >= 4 is 8.32 Å². The average molecular weight is 130 g/mol. The van der Waals surface area contributed by atoms with Crippen LogP contribution in [0.5, 0.6) is 0 Å². The van der Waals surface area contributed by atoms with Gasteiger partial charge in [0.15, 0.2) is 0 Å². The largest absolute Gasteiger partial charge is 0.416 e. The van der Waals surface area contributed by atoms with Crippen LogP contribution in [0.4, 0.5) is 0 Å². The second-order valence-electron chi connectivity index (χ2n) is 2.49. The van der Waals surface area contributed by atoms with E-state index in [4.69, 9.17) is 4.43 Å². The zero-order valence-electron chi connectivity index (χ0n) is 6.12. The van der Waals surface area contributed by atoms with Crippen molar-refractivity contribution in [2.24, 2.45) is 0 Å². The maximum absolute atomic E-state index is 5.24. The topological polar surface area (TPSA) is 9.23 Å². The van der Waals surface area contributed by atoms with Gasteiger partial charge in [0.2, 0.25) is 8.32 Å². The third-order valence-electron chi connectivity index (χ3n) is 1.54. The molecule has 0 heterocycles. The van der Waals surface area contributed by atoms with Gasteiger partial charge in [0.1, 0.15) is 0 Å². The summed E-state index contributed by atoms with van der Waals surface area (Å²) in [7, 11) is 0.302. The second kappa shape index (κ2) is 2.46. The van der Waals surface area contributed by atoms with Crippen LogP contribution >= 0.6 is 0 Å². The van der Waals surface area contributed by atoms with Gasteiger partial charge in [-0.25, -0.2) is 0 Å². The van der Waals surface area contributed by atoms with E-state index in [1.165, 1.54) is 5.20 Å². The summed E-state index contributed by atoms with van der Waals surface area (Å²) >= 11 is 0. The smallest absolute Gasteiger partial charge is 0.212 e. The van der Waals surface area contributed by atoms with Crippen LogP contribution in [0.2, 0.25) is 13.1 Å². The van der Waals surface area contributed by atoms with E-state index < -0.39 is 8.32 Å². The molecule has 0 spiro atoms. The van der Waals surface area contributed by atoms with Crippen molar-refractivity contribution < 1.29 is 4.43 Å². The quantitative estimate of drug-likeness (QED) is 0.519. The highest BCUT2D eigenvalue weighted by Crippen LogP contribution is 2.11. The molecule has 1 nitrogen and oxygen atoms in total. The van der Waals surface area contributed by atoms with Gasteiger partial charge in [-0.05, 0) is 20.0 Å². The fourth-order valence-electron chi connectivity index (χ4n) is 0.174. The lowest BCUT2D eigenvalue weighted by Crippen LogP contribution is -2.29. The van der Waals surface area contributed by atoms with E-state index in [2.05, 4.69) is 19.7 Å². The first kappa shape index (κ1) is 7.92. The van der Waals surface area contributed by atoms with Gasteiger partial charge in [-0.3, -0.25) is 0 Å². The number of rotatable bonds is 2. The molecule has 2 heteroatoms. The van der Waals surface area contributed by atoms with Gasteiger partial charge in [0, 0.05) is 7.11 Å². The third-order valence-corrected chi connectivity index (χ3v) is 4.61. The Labute approximate surface area is 52.5 Å². The van der Waals surface area contributed by atoms with Crippen molar-refractivity contribution in [1.29, 1.82) is 0 Å². The van der Waals surface area contributed by atoms with Crippen LogP contribution in [-0.2, 0) is 4.43 Å². The first-order chi connectivity index (χ1) is 3.50. The molecular weight excluding hydrogens is 116 g/mol. The van der Waals surface area contributed by atoms with Gasteiger partial charge in [-0.2, -0.15) is 0 Å². The van der Waals surface area contributed by atoms with E-state index in [1.54, 1.807) is 7.11 Å². The van der Waals surface area contributed by atoms with Gasteiger partial charge in [0.25, 0.3) is 0 Å². The molecule has 0 radical (unpaired) electrons. The van der Waals surface area contributed by atoms with Crippen LogP contribution in [0, 0.1) is 0 Å². The first-order valence-corrected chi connectivity index (χ1v) is 5.62. The van der Waals surface area contributed by atoms with Crippen LogP contribution < -0.4 is 0 Å². The molecule has 0 saturated carbocycles. The molecule has 0 aliphatic carbocycles. The molecule has 0 rings (SSSR count). The molecule has 0 aliphatic heterocycles. The Morgan fingerprint density at radius 2 is 1.88 bits per heavy atom. The first-order valence-electron chi connectivity index (χ1n) is 2.72. The minimum Gasteiger partial charge on any atom is -0.416 e. The molecule has 0 aromatic carbocycles. The summed E-state index contributed by atoms with van der Waals surface area (Å²) < 4.78 is 5.24. The van der Waals surface area contributed by atoms with Crippen molar-refractivity contribution in [2.45, 2.75) is 20.0 Å². The molecule has 8 heavy (non-hydrogen) atoms. The SMILES string of the molecule is C=C(C)[Si](C)(C)OC. The van der Waals surface area contributed by atoms with Crippen molar-refractivity contribution in [1.82, 2.24) is 0 Å². The summed E-state index contributed by atoms with van der Waals surface area (Å²) in [6.45, 7) is 10.1. The van der Waals surface area contributed by atoms with Crippen LogP contribution in [-0.4, -0.2) is 15.4 Å². The highest BCUT2D eigenvalue weighted by Gasteiger charge is 2.20. The third kappa shape index (κ3) is 1.80. The standard InChI is InChI=1S/C6H14OSi/c1-6(2)8(4,5)7-3/h1H2,2-5H3. The Hall–Kier alpha value is -0.0831. The molecule has 0 unspecified atom stereocenters. The fraction of sp³-hybridized carbons (Fsp3) is 0.667. The van der Waals surface area contributed by atoms with Crippen LogP contribution in [0.1, 0.15) is 6.92 Å². The van der Waals surface area contributed by atoms with Gasteiger partial charge in [0.05, 0.1) is 0 Å². The molecule has 0 aromatic heterocycles. The minimum absolute atomic E-state index is 1.19.